The second-order valence-electron chi connectivity index (χ2n) is 1.92. The normalized spacial score (nSPS) is 9.18. The Labute approximate surface area is 75.9 Å². The highest BCUT2D eigenvalue weighted by Gasteiger charge is 1.95. The van der Waals surface area contributed by atoms with Crippen molar-refractivity contribution in [3.05, 3.63) is 30.3 Å². The highest BCUT2D eigenvalue weighted by Crippen LogP contribution is 2.08. The first kappa shape index (κ1) is 8.50. The fourth-order valence-electron chi connectivity index (χ4n) is 0.647. The maximum atomic E-state index is 5.44. The molecule has 11 heavy (non-hydrogen) atoms. The molecule has 0 bridgehead atoms. The maximum absolute atomic E-state index is 5.44. The third kappa shape index (κ3) is 2.87. The lowest BCUT2D eigenvalue weighted by Crippen LogP contribution is -2.05. The van der Waals surface area contributed by atoms with Crippen molar-refractivity contribution in [1.82, 2.24) is 0 Å². The van der Waals surface area contributed by atoms with Crippen molar-refractivity contribution < 1.29 is 4.74 Å². The average molecular weight is 187 g/mol. The Hall–Kier alpha value is -0.600. The zero-order valence-corrected chi connectivity index (χ0v) is 7.36. The van der Waals surface area contributed by atoms with Crippen LogP contribution in [0.25, 0.3) is 0 Å². The largest absolute Gasteiger partial charge is 0.449 e. The first-order valence-electron chi connectivity index (χ1n) is 3.14. The fraction of sp³-hybridized carbons (Fsp3) is 0.125. The molecule has 1 nitrogen and oxygen atoms in total. The van der Waals surface area contributed by atoms with Crippen LogP contribution in [0.5, 0.6) is 5.75 Å². The van der Waals surface area contributed by atoms with Crippen LogP contribution in [-0.4, -0.2) is 10.9 Å². The van der Waals surface area contributed by atoms with Gasteiger partial charge in [0.05, 0.1) is 5.88 Å². The molecule has 1 aromatic rings. The maximum Gasteiger partial charge on any atom is 0.182 e. The van der Waals surface area contributed by atoms with E-state index in [0.29, 0.717) is 5.05 Å². The topological polar surface area (TPSA) is 9.23 Å². The molecule has 0 aromatic heterocycles. The number of benzene rings is 1. The summed E-state index contributed by atoms with van der Waals surface area (Å²) in [7, 11) is 0. The van der Waals surface area contributed by atoms with Crippen molar-refractivity contribution in [2.45, 2.75) is 0 Å². The van der Waals surface area contributed by atoms with Gasteiger partial charge in [-0.2, -0.15) is 0 Å². The minimum atomic E-state index is 0.254. The van der Waals surface area contributed by atoms with Crippen LogP contribution in [0.15, 0.2) is 30.3 Å². The van der Waals surface area contributed by atoms with Gasteiger partial charge < -0.3 is 4.74 Å². The SMILES string of the molecule is S=C(CCl)Oc1ccccc1. The lowest BCUT2D eigenvalue weighted by Gasteiger charge is -2.02. The minimum Gasteiger partial charge on any atom is -0.449 e. The number of thiocarbonyl (C=S) groups is 1. The van der Waals surface area contributed by atoms with E-state index in [-0.39, 0.29) is 5.88 Å². The summed E-state index contributed by atoms with van der Waals surface area (Å²) in [6, 6.07) is 9.34. The van der Waals surface area contributed by atoms with Gasteiger partial charge in [0, 0.05) is 0 Å². The zero-order chi connectivity index (χ0) is 8.10. The van der Waals surface area contributed by atoms with Crippen molar-refractivity contribution in [3.8, 4) is 5.75 Å². The van der Waals surface area contributed by atoms with Gasteiger partial charge in [0.2, 0.25) is 0 Å². The Bertz CT molecular complexity index is 235. The number of rotatable bonds is 2. The average Bonchev–Trinajstić information content (AvgIpc) is 2.06. The van der Waals surface area contributed by atoms with Crippen LogP contribution in [0.4, 0.5) is 0 Å². The number of alkyl halides is 1. The fourth-order valence-corrected chi connectivity index (χ4v) is 0.798. The summed E-state index contributed by atoms with van der Waals surface area (Å²) in [5.74, 6) is 0.989. The van der Waals surface area contributed by atoms with Crippen LogP contribution in [-0.2, 0) is 0 Å². The Morgan fingerprint density at radius 3 is 2.55 bits per heavy atom. The summed E-state index contributed by atoms with van der Waals surface area (Å²) in [6.45, 7) is 0. The molecule has 0 N–H and O–H groups in total. The van der Waals surface area contributed by atoms with Gasteiger partial charge in [-0.3, -0.25) is 0 Å². The van der Waals surface area contributed by atoms with E-state index in [9.17, 15) is 0 Å². The quantitative estimate of drug-likeness (QED) is 0.519. The van der Waals surface area contributed by atoms with Gasteiger partial charge in [0.1, 0.15) is 5.75 Å². The van der Waals surface area contributed by atoms with Gasteiger partial charge in [0.25, 0.3) is 0 Å². The first-order valence-corrected chi connectivity index (χ1v) is 4.09. The van der Waals surface area contributed by atoms with Crippen molar-refractivity contribution in [2.24, 2.45) is 0 Å². The molecule has 0 unspecified atom stereocenters. The van der Waals surface area contributed by atoms with Gasteiger partial charge in [-0.25, -0.2) is 0 Å². The van der Waals surface area contributed by atoms with Crippen molar-refractivity contribution in [2.75, 3.05) is 5.88 Å². The molecule has 0 fully saturated rings. The summed E-state index contributed by atoms with van der Waals surface area (Å²) in [5, 5.41) is 0.401. The van der Waals surface area contributed by atoms with Gasteiger partial charge in [-0.05, 0) is 24.4 Å². The van der Waals surface area contributed by atoms with E-state index in [2.05, 4.69) is 0 Å². The minimum absolute atomic E-state index is 0.254. The number of ether oxygens (including phenoxy) is 1. The van der Waals surface area contributed by atoms with Gasteiger partial charge in [-0.15, -0.1) is 11.6 Å². The lowest BCUT2D eigenvalue weighted by molar-refractivity contribution is 0.562. The summed E-state index contributed by atoms with van der Waals surface area (Å²) < 4.78 is 5.16. The molecule has 0 aliphatic rings. The summed E-state index contributed by atoms with van der Waals surface area (Å²) in [6.07, 6.45) is 0. The molecular formula is C8H7ClOS. The van der Waals surface area contributed by atoms with Crippen LogP contribution in [0.3, 0.4) is 0 Å². The van der Waals surface area contributed by atoms with Crippen LogP contribution in [0.1, 0.15) is 0 Å². The van der Waals surface area contributed by atoms with Crippen LogP contribution < -0.4 is 4.74 Å². The van der Waals surface area contributed by atoms with E-state index in [1.165, 1.54) is 0 Å². The second-order valence-corrected chi connectivity index (χ2v) is 2.64. The molecule has 1 aromatic carbocycles. The van der Waals surface area contributed by atoms with Crippen LogP contribution in [0.2, 0.25) is 0 Å². The van der Waals surface area contributed by atoms with E-state index in [1.807, 2.05) is 30.3 Å². The van der Waals surface area contributed by atoms with Crippen molar-refractivity contribution >= 4 is 28.9 Å². The molecule has 0 saturated carbocycles. The zero-order valence-electron chi connectivity index (χ0n) is 5.79. The molecule has 0 saturated heterocycles. The van der Waals surface area contributed by atoms with Crippen molar-refractivity contribution in [3.63, 3.8) is 0 Å². The molecule has 58 valence electrons. The number of hydrogen-bond donors (Lipinski definition) is 0. The predicted octanol–water partition coefficient (Wildman–Crippen LogP) is 2.63. The molecule has 0 radical (unpaired) electrons. The number of para-hydroxylation sites is 1. The molecule has 0 heterocycles. The smallest absolute Gasteiger partial charge is 0.182 e. The van der Waals surface area contributed by atoms with E-state index >= 15 is 0 Å². The predicted molar refractivity (Wildman–Crippen MR) is 50.4 cm³/mol. The number of halogens is 1. The standard InChI is InChI=1S/C8H7ClOS/c9-6-8(11)10-7-4-2-1-3-5-7/h1-5H,6H2. The van der Waals surface area contributed by atoms with Gasteiger partial charge in [-0.1, -0.05) is 18.2 Å². The third-order valence-corrected chi connectivity index (χ3v) is 1.71. The Morgan fingerprint density at radius 1 is 1.36 bits per heavy atom. The highest BCUT2D eigenvalue weighted by atomic mass is 35.5. The van der Waals surface area contributed by atoms with Gasteiger partial charge in [0.15, 0.2) is 5.05 Å². The molecule has 0 spiro atoms. The molecule has 3 heteroatoms. The van der Waals surface area contributed by atoms with E-state index in [4.69, 9.17) is 28.6 Å². The van der Waals surface area contributed by atoms with Crippen LogP contribution in [0, 0.1) is 0 Å². The highest BCUT2D eigenvalue weighted by molar-refractivity contribution is 7.80. The summed E-state index contributed by atoms with van der Waals surface area (Å²) in [5.41, 5.74) is 0. The van der Waals surface area contributed by atoms with E-state index in [1.54, 1.807) is 0 Å². The number of hydrogen-bond acceptors (Lipinski definition) is 2. The third-order valence-electron chi connectivity index (χ3n) is 1.08. The monoisotopic (exact) mass is 186 g/mol. The second kappa shape index (κ2) is 4.31. The first-order chi connectivity index (χ1) is 5.33. The molecule has 0 amide bonds. The van der Waals surface area contributed by atoms with E-state index in [0.717, 1.165) is 5.75 Å². The molecule has 0 aliphatic heterocycles. The van der Waals surface area contributed by atoms with Crippen molar-refractivity contribution in [1.29, 1.82) is 0 Å². The molecule has 0 atom stereocenters. The molecular weight excluding hydrogens is 180 g/mol. The Balaban J connectivity index is 2.58. The summed E-state index contributed by atoms with van der Waals surface area (Å²) in [4.78, 5) is 0. The molecule has 1 rings (SSSR count). The van der Waals surface area contributed by atoms with E-state index < -0.39 is 0 Å². The molecule has 0 aliphatic carbocycles. The lowest BCUT2D eigenvalue weighted by atomic mass is 10.3. The van der Waals surface area contributed by atoms with Crippen LogP contribution >= 0.6 is 23.8 Å². The summed E-state index contributed by atoms with van der Waals surface area (Å²) >= 11 is 10.2. The van der Waals surface area contributed by atoms with Gasteiger partial charge >= 0.3 is 0 Å². The Kier molecular flexibility index (Phi) is 3.33. The Morgan fingerprint density at radius 2 is 2.00 bits per heavy atom.